The van der Waals surface area contributed by atoms with Crippen molar-refractivity contribution < 1.29 is 8.78 Å². The summed E-state index contributed by atoms with van der Waals surface area (Å²) in [5.74, 6) is -2.65. The van der Waals surface area contributed by atoms with Crippen LogP contribution in [0.15, 0.2) is 0 Å². The lowest BCUT2D eigenvalue weighted by Crippen LogP contribution is -2.54. The van der Waals surface area contributed by atoms with Gasteiger partial charge in [0.05, 0.1) is 13.1 Å². The second kappa shape index (κ2) is 2.06. The maximum atomic E-state index is 12.2. The molecule has 0 saturated carbocycles. The Morgan fingerprint density at radius 2 is 1.78 bits per heavy atom. The molecule has 1 saturated heterocycles. The Balaban J connectivity index is 2.44. The molecule has 0 unspecified atom stereocenters. The molecule has 1 fully saturated rings. The zero-order chi connectivity index (χ0) is 6.91. The topological polar surface area (TPSA) is 24.1 Å². The van der Waals surface area contributed by atoms with Gasteiger partial charge in [-0.3, -0.25) is 0 Å². The van der Waals surface area contributed by atoms with Crippen LogP contribution in [0.4, 0.5) is 8.78 Å². The van der Waals surface area contributed by atoms with Crippen LogP contribution in [0.25, 0.3) is 0 Å². The van der Waals surface area contributed by atoms with Crippen LogP contribution in [0, 0.1) is 0 Å². The first-order valence-electron chi connectivity index (χ1n) is 2.50. The van der Waals surface area contributed by atoms with E-state index < -0.39 is 5.92 Å². The molecular formula is C4H6F2N2S. The molecule has 1 heterocycles. The molecule has 2 nitrogen and oxygen atoms in total. The van der Waals surface area contributed by atoms with Gasteiger partial charge in [-0.1, -0.05) is 0 Å². The largest absolute Gasteiger partial charge is 0.357 e. The number of halogens is 2. The number of hydrogen-bond donors (Lipinski definition) is 2. The first-order valence-corrected chi connectivity index (χ1v) is 2.90. The summed E-state index contributed by atoms with van der Waals surface area (Å²) in [5, 5.41) is 4.99. The third-order valence-electron chi connectivity index (χ3n) is 1.02. The number of hydrogen-bond acceptors (Lipinski definition) is 1. The molecule has 5 heteroatoms. The van der Waals surface area contributed by atoms with E-state index in [0.717, 1.165) is 0 Å². The molecular weight excluding hydrogens is 146 g/mol. The molecule has 0 aromatic heterocycles. The maximum absolute atomic E-state index is 12.2. The Labute approximate surface area is 56.6 Å². The summed E-state index contributed by atoms with van der Waals surface area (Å²) < 4.78 is 24.4. The fraction of sp³-hybridized carbons (Fsp3) is 0.750. The van der Waals surface area contributed by atoms with E-state index in [-0.39, 0.29) is 13.1 Å². The van der Waals surface area contributed by atoms with Gasteiger partial charge < -0.3 is 10.6 Å². The Kier molecular flexibility index (Phi) is 1.52. The minimum atomic E-state index is -2.65. The lowest BCUT2D eigenvalue weighted by molar-refractivity contribution is 0.00505. The van der Waals surface area contributed by atoms with E-state index in [2.05, 4.69) is 22.9 Å². The van der Waals surface area contributed by atoms with Crippen LogP contribution in [0.1, 0.15) is 0 Å². The van der Waals surface area contributed by atoms with E-state index in [1.165, 1.54) is 0 Å². The van der Waals surface area contributed by atoms with Gasteiger partial charge in [0.15, 0.2) is 5.11 Å². The quantitative estimate of drug-likeness (QED) is 0.481. The smallest absolute Gasteiger partial charge is 0.281 e. The van der Waals surface area contributed by atoms with Crippen molar-refractivity contribution in [1.29, 1.82) is 0 Å². The first kappa shape index (κ1) is 6.67. The van der Waals surface area contributed by atoms with Gasteiger partial charge in [0.2, 0.25) is 0 Å². The summed E-state index contributed by atoms with van der Waals surface area (Å²) in [7, 11) is 0. The van der Waals surface area contributed by atoms with Gasteiger partial charge in [-0.05, 0) is 12.2 Å². The highest BCUT2D eigenvalue weighted by Crippen LogP contribution is 2.11. The Hall–Kier alpha value is -0.450. The third kappa shape index (κ3) is 1.74. The van der Waals surface area contributed by atoms with Crippen LogP contribution in [0.3, 0.4) is 0 Å². The summed E-state index contributed by atoms with van der Waals surface area (Å²) in [5.41, 5.74) is 0. The van der Waals surface area contributed by atoms with Crippen molar-refractivity contribution >= 4 is 17.3 Å². The van der Waals surface area contributed by atoms with E-state index >= 15 is 0 Å². The lowest BCUT2D eigenvalue weighted by atomic mass is 10.3. The molecule has 1 aliphatic rings. The predicted molar refractivity (Wildman–Crippen MR) is 33.6 cm³/mol. The molecule has 0 aromatic rings. The lowest BCUT2D eigenvalue weighted by Gasteiger charge is -2.24. The number of nitrogens with one attached hydrogen (secondary N) is 2. The second-order valence-corrected chi connectivity index (χ2v) is 2.30. The molecule has 1 aliphatic heterocycles. The highest BCUT2D eigenvalue weighted by atomic mass is 32.1. The molecule has 0 aliphatic carbocycles. The van der Waals surface area contributed by atoms with Crippen molar-refractivity contribution in [3.05, 3.63) is 0 Å². The predicted octanol–water partition coefficient (Wildman–Crippen LogP) is 0.0994. The molecule has 1 rings (SSSR count). The summed E-state index contributed by atoms with van der Waals surface area (Å²) in [4.78, 5) is 0. The molecule has 0 bridgehead atoms. The molecule has 52 valence electrons. The van der Waals surface area contributed by atoms with Crippen LogP contribution in [-0.4, -0.2) is 24.1 Å². The summed E-state index contributed by atoms with van der Waals surface area (Å²) in [6, 6.07) is 0. The number of rotatable bonds is 0. The van der Waals surface area contributed by atoms with Crippen LogP contribution >= 0.6 is 12.2 Å². The summed E-state index contributed by atoms with van der Waals surface area (Å²) >= 11 is 4.55. The normalized spacial score (nSPS) is 24.4. The highest BCUT2D eigenvalue weighted by Gasteiger charge is 2.32. The van der Waals surface area contributed by atoms with Crippen LogP contribution in [0.2, 0.25) is 0 Å². The Morgan fingerprint density at radius 3 is 2.11 bits per heavy atom. The zero-order valence-corrected chi connectivity index (χ0v) is 5.39. The molecule has 0 spiro atoms. The standard InChI is InChI=1S/C4H6F2N2S/c5-4(6)1-7-3(9)8-2-4/h1-2H2,(H2,7,8,9). The Morgan fingerprint density at radius 1 is 1.33 bits per heavy atom. The summed E-state index contributed by atoms with van der Waals surface area (Å²) in [6.07, 6.45) is 0. The van der Waals surface area contributed by atoms with Crippen molar-refractivity contribution in [3.8, 4) is 0 Å². The van der Waals surface area contributed by atoms with Crippen molar-refractivity contribution in [1.82, 2.24) is 10.6 Å². The van der Waals surface area contributed by atoms with E-state index in [1.807, 2.05) is 0 Å². The van der Waals surface area contributed by atoms with Gasteiger partial charge in [0.1, 0.15) is 0 Å². The molecule has 0 radical (unpaired) electrons. The summed E-state index contributed by atoms with van der Waals surface area (Å²) in [6.45, 7) is -0.697. The molecule has 9 heavy (non-hydrogen) atoms. The minimum Gasteiger partial charge on any atom is -0.357 e. The monoisotopic (exact) mass is 152 g/mol. The van der Waals surface area contributed by atoms with Crippen molar-refractivity contribution in [2.45, 2.75) is 5.92 Å². The molecule has 0 atom stereocenters. The van der Waals surface area contributed by atoms with Crippen molar-refractivity contribution in [2.75, 3.05) is 13.1 Å². The van der Waals surface area contributed by atoms with Gasteiger partial charge >= 0.3 is 0 Å². The van der Waals surface area contributed by atoms with Crippen LogP contribution in [-0.2, 0) is 0 Å². The molecule has 0 amide bonds. The molecule has 2 N–H and O–H groups in total. The third-order valence-corrected chi connectivity index (χ3v) is 1.30. The molecule has 0 aromatic carbocycles. The average molecular weight is 152 g/mol. The highest BCUT2D eigenvalue weighted by molar-refractivity contribution is 7.80. The van der Waals surface area contributed by atoms with Gasteiger partial charge in [-0.25, -0.2) is 8.78 Å². The van der Waals surface area contributed by atoms with E-state index in [0.29, 0.717) is 5.11 Å². The van der Waals surface area contributed by atoms with E-state index in [1.54, 1.807) is 0 Å². The van der Waals surface area contributed by atoms with Gasteiger partial charge in [0.25, 0.3) is 5.92 Å². The fourth-order valence-corrected chi connectivity index (χ4v) is 0.689. The van der Waals surface area contributed by atoms with Crippen LogP contribution in [0.5, 0.6) is 0 Å². The van der Waals surface area contributed by atoms with Crippen molar-refractivity contribution in [2.24, 2.45) is 0 Å². The zero-order valence-electron chi connectivity index (χ0n) is 4.58. The fourth-order valence-electron chi connectivity index (χ4n) is 0.544. The first-order chi connectivity index (χ1) is 4.10. The Bertz CT molecular complexity index is 125. The van der Waals surface area contributed by atoms with E-state index in [4.69, 9.17) is 0 Å². The SMILES string of the molecule is FC1(F)CNC(=S)NC1. The van der Waals surface area contributed by atoms with Crippen LogP contribution < -0.4 is 10.6 Å². The van der Waals surface area contributed by atoms with Crippen molar-refractivity contribution in [3.63, 3.8) is 0 Å². The average Bonchev–Trinajstić information content (AvgIpc) is 1.78. The second-order valence-electron chi connectivity index (χ2n) is 1.89. The maximum Gasteiger partial charge on any atom is 0.281 e. The van der Waals surface area contributed by atoms with E-state index in [9.17, 15) is 8.78 Å². The number of thiocarbonyl (C=S) groups is 1. The minimum absolute atomic E-state index is 0.306. The van der Waals surface area contributed by atoms with Gasteiger partial charge in [-0.15, -0.1) is 0 Å². The van der Waals surface area contributed by atoms with Gasteiger partial charge in [-0.2, -0.15) is 0 Å². The van der Waals surface area contributed by atoms with Gasteiger partial charge in [0, 0.05) is 0 Å². The number of alkyl halides is 2.